The van der Waals surface area contributed by atoms with E-state index in [1.807, 2.05) is 4.68 Å². The lowest BCUT2D eigenvalue weighted by Crippen LogP contribution is -2.18. The zero-order valence-corrected chi connectivity index (χ0v) is 19.4. The molecule has 0 aliphatic heterocycles. The Labute approximate surface area is 201 Å². The van der Waals surface area contributed by atoms with Gasteiger partial charge in [0.15, 0.2) is 12.4 Å². The highest BCUT2D eigenvalue weighted by molar-refractivity contribution is 5.98. The lowest BCUT2D eigenvalue weighted by Gasteiger charge is -2.21. The number of nitrogens with zero attached hydrogens (tertiary/aromatic N) is 6. The number of oxime groups is 1. The summed E-state index contributed by atoms with van der Waals surface area (Å²) in [5.74, 6) is 1.70. The Morgan fingerprint density at radius 3 is 2.51 bits per heavy atom. The number of alkyl halides is 3. The Balaban J connectivity index is 1.26. The maximum atomic E-state index is 12.6. The van der Waals surface area contributed by atoms with E-state index in [9.17, 15) is 13.2 Å². The summed E-state index contributed by atoms with van der Waals surface area (Å²) >= 11 is 0. The van der Waals surface area contributed by atoms with Crippen molar-refractivity contribution in [1.29, 1.82) is 0 Å². The highest BCUT2D eigenvalue weighted by Gasteiger charge is 2.29. The molecule has 0 saturated heterocycles. The minimum absolute atomic E-state index is 0.0552. The zero-order chi connectivity index (χ0) is 24.7. The van der Waals surface area contributed by atoms with Crippen molar-refractivity contribution in [2.45, 2.75) is 65.0 Å². The van der Waals surface area contributed by atoms with E-state index in [-0.39, 0.29) is 13.2 Å². The maximum Gasteiger partial charge on any atom is 0.416 e. The number of rotatable bonds is 9. The van der Waals surface area contributed by atoms with Crippen LogP contribution in [0.3, 0.4) is 0 Å². The second kappa shape index (κ2) is 11.3. The van der Waals surface area contributed by atoms with Crippen LogP contribution in [0.2, 0.25) is 0 Å². The van der Waals surface area contributed by atoms with Crippen LogP contribution in [0.15, 0.2) is 47.8 Å². The lowest BCUT2D eigenvalue weighted by atomic mass is 9.89. The predicted molar refractivity (Wildman–Crippen MR) is 121 cm³/mol. The van der Waals surface area contributed by atoms with Crippen molar-refractivity contribution in [2.24, 2.45) is 11.1 Å². The minimum Gasteiger partial charge on any atom is -0.469 e. The van der Waals surface area contributed by atoms with Crippen molar-refractivity contribution in [3.63, 3.8) is 0 Å². The topological polar surface area (TPSA) is 87.3 Å². The van der Waals surface area contributed by atoms with Crippen LogP contribution in [0.1, 0.15) is 61.5 Å². The van der Waals surface area contributed by atoms with E-state index in [2.05, 4.69) is 25.7 Å². The quantitative estimate of drug-likeness (QED) is 0.304. The molecule has 3 aromatic rings. The van der Waals surface area contributed by atoms with E-state index < -0.39 is 11.7 Å². The van der Waals surface area contributed by atoms with Gasteiger partial charge in [-0.1, -0.05) is 36.6 Å². The minimum atomic E-state index is -4.36. The molecule has 1 fully saturated rings. The van der Waals surface area contributed by atoms with Gasteiger partial charge >= 0.3 is 6.18 Å². The number of benzene rings is 1. The first-order valence-electron chi connectivity index (χ1n) is 11.6. The zero-order valence-electron chi connectivity index (χ0n) is 19.4. The number of pyridine rings is 1. The third-order valence-corrected chi connectivity index (χ3v) is 5.98. The smallest absolute Gasteiger partial charge is 0.416 e. The Bertz CT molecular complexity index is 1110. The van der Waals surface area contributed by atoms with Gasteiger partial charge in [-0.05, 0) is 59.9 Å². The monoisotopic (exact) mass is 488 g/mol. The summed E-state index contributed by atoms with van der Waals surface area (Å²) in [6.45, 7) is 2.83. The van der Waals surface area contributed by atoms with Gasteiger partial charge in [0, 0.05) is 24.4 Å². The van der Waals surface area contributed by atoms with Gasteiger partial charge in [-0.2, -0.15) is 13.2 Å². The van der Waals surface area contributed by atoms with Crippen molar-refractivity contribution < 1.29 is 22.7 Å². The van der Waals surface area contributed by atoms with Gasteiger partial charge < -0.3 is 9.57 Å². The molecule has 0 amide bonds. The van der Waals surface area contributed by atoms with E-state index >= 15 is 0 Å². The molecule has 0 atom stereocenters. The summed E-state index contributed by atoms with van der Waals surface area (Å²) in [6.07, 6.45) is 3.49. The van der Waals surface area contributed by atoms with Gasteiger partial charge in [-0.3, -0.25) is 0 Å². The molecule has 0 spiro atoms. The average Bonchev–Trinajstić information content (AvgIpc) is 3.30. The molecule has 0 bridgehead atoms. The van der Waals surface area contributed by atoms with Crippen molar-refractivity contribution in [3.8, 4) is 5.88 Å². The fraction of sp³-hybridized carbons (Fsp3) is 0.458. The lowest BCUT2D eigenvalue weighted by molar-refractivity contribution is -0.137. The van der Waals surface area contributed by atoms with Crippen LogP contribution in [0.5, 0.6) is 5.88 Å². The summed E-state index contributed by atoms with van der Waals surface area (Å²) in [6, 6.07) is 8.30. The Morgan fingerprint density at radius 1 is 1.06 bits per heavy atom. The number of tetrazole rings is 1. The van der Waals surface area contributed by atoms with Gasteiger partial charge in [0.2, 0.25) is 5.88 Å². The summed E-state index contributed by atoms with van der Waals surface area (Å²) in [5, 5.41) is 16.0. The molecule has 8 nitrogen and oxygen atoms in total. The predicted octanol–water partition coefficient (Wildman–Crippen LogP) is 5.19. The first kappa shape index (κ1) is 24.6. The SMILES string of the molecule is C/C(=N\OCc1ccc(C(F)(F)F)cc1)c1ccc(OCc2nnnn2CC2CCCCC2)nc1. The fourth-order valence-corrected chi connectivity index (χ4v) is 3.95. The van der Waals surface area contributed by atoms with Gasteiger partial charge in [0.25, 0.3) is 0 Å². The number of hydrogen-bond donors (Lipinski definition) is 0. The van der Waals surface area contributed by atoms with Crippen molar-refractivity contribution >= 4 is 5.71 Å². The van der Waals surface area contributed by atoms with Gasteiger partial charge in [-0.25, -0.2) is 9.67 Å². The molecule has 1 aliphatic rings. The highest BCUT2D eigenvalue weighted by atomic mass is 19.4. The molecule has 1 aliphatic carbocycles. The fourth-order valence-electron chi connectivity index (χ4n) is 3.95. The summed E-state index contributed by atoms with van der Waals surface area (Å²) in [4.78, 5) is 9.59. The van der Waals surface area contributed by atoms with Crippen LogP contribution in [0.4, 0.5) is 13.2 Å². The number of ether oxygens (including phenoxy) is 1. The first-order valence-corrected chi connectivity index (χ1v) is 11.6. The largest absolute Gasteiger partial charge is 0.469 e. The molecule has 0 radical (unpaired) electrons. The van der Waals surface area contributed by atoms with Crippen LogP contribution < -0.4 is 4.74 Å². The molecule has 1 aromatic carbocycles. The highest BCUT2D eigenvalue weighted by Crippen LogP contribution is 2.29. The Hall–Kier alpha value is -3.50. The third-order valence-electron chi connectivity index (χ3n) is 5.98. The molecular weight excluding hydrogens is 461 g/mol. The summed E-state index contributed by atoms with van der Waals surface area (Å²) in [7, 11) is 0. The van der Waals surface area contributed by atoms with Crippen LogP contribution in [0.25, 0.3) is 0 Å². The van der Waals surface area contributed by atoms with E-state index in [0.29, 0.717) is 28.9 Å². The van der Waals surface area contributed by atoms with Crippen molar-refractivity contribution in [3.05, 3.63) is 65.1 Å². The summed E-state index contributed by atoms with van der Waals surface area (Å²) < 4.78 is 45.5. The van der Waals surface area contributed by atoms with Gasteiger partial charge in [-0.15, -0.1) is 5.10 Å². The van der Waals surface area contributed by atoms with Gasteiger partial charge in [0.05, 0.1) is 11.3 Å². The van der Waals surface area contributed by atoms with Crippen molar-refractivity contribution in [1.82, 2.24) is 25.2 Å². The Kier molecular flexibility index (Phi) is 7.94. The standard InChI is InChI=1S/C24H27F3N6O2/c1-17(30-35-15-19-7-10-21(11-8-19)24(25,26)27)20-9-12-23(28-13-20)34-16-22-29-31-32-33(22)14-18-5-3-2-4-6-18/h7-13,18H,2-6,14-16H2,1H3/b30-17+. The van der Waals surface area contributed by atoms with E-state index in [1.165, 1.54) is 44.2 Å². The molecule has 1 saturated carbocycles. The molecule has 2 aromatic heterocycles. The summed E-state index contributed by atoms with van der Waals surface area (Å²) in [5.41, 5.74) is 1.19. The van der Waals surface area contributed by atoms with Crippen LogP contribution >= 0.6 is 0 Å². The van der Waals surface area contributed by atoms with Crippen LogP contribution in [0, 0.1) is 5.92 Å². The third kappa shape index (κ3) is 7.00. The second-order valence-corrected chi connectivity index (χ2v) is 8.60. The normalized spacial score (nSPS) is 15.3. The van der Waals surface area contributed by atoms with E-state index in [0.717, 1.165) is 24.2 Å². The second-order valence-electron chi connectivity index (χ2n) is 8.60. The molecule has 35 heavy (non-hydrogen) atoms. The van der Waals surface area contributed by atoms with Crippen molar-refractivity contribution in [2.75, 3.05) is 0 Å². The molecule has 11 heteroatoms. The average molecular weight is 489 g/mol. The number of hydrogen-bond acceptors (Lipinski definition) is 7. The number of halogens is 3. The van der Waals surface area contributed by atoms with Crippen LogP contribution in [-0.4, -0.2) is 30.9 Å². The van der Waals surface area contributed by atoms with Gasteiger partial charge in [0.1, 0.15) is 6.61 Å². The Morgan fingerprint density at radius 2 is 1.83 bits per heavy atom. The maximum absolute atomic E-state index is 12.6. The van der Waals surface area contributed by atoms with E-state index in [4.69, 9.17) is 9.57 Å². The molecule has 2 heterocycles. The molecule has 4 rings (SSSR count). The molecular formula is C24H27F3N6O2. The number of aromatic nitrogens is 5. The first-order chi connectivity index (χ1) is 16.9. The van der Waals surface area contributed by atoms with E-state index in [1.54, 1.807) is 25.3 Å². The molecule has 0 N–H and O–H groups in total. The van der Waals surface area contributed by atoms with Crippen LogP contribution in [-0.2, 0) is 30.8 Å². The molecule has 186 valence electrons. The molecule has 0 unspecified atom stereocenters.